The highest BCUT2D eigenvalue weighted by Gasteiger charge is 2.46. The van der Waals surface area contributed by atoms with Gasteiger partial charge in [0.2, 0.25) is 0 Å². The summed E-state index contributed by atoms with van der Waals surface area (Å²) >= 11 is 0. The molecule has 11 heteroatoms. The van der Waals surface area contributed by atoms with Gasteiger partial charge >= 0.3 is 6.18 Å². The first-order valence-electron chi connectivity index (χ1n) is 9.86. The predicted molar refractivity (Wildman–Crippen MR) is 112 cm³/mol. The summed E-state index contributed by atoms with van der Waals surface area (Å²) in [5.41, 5.74) is 5.70. The van der Waals surface area contributed by atoms with E-state index in [4.69, 9.17) is 15.2 Å². The number of aromatic nitrogens is 2. The average Bonchev–Trinajstić information content (AvgIpc) is 3.21. The van der Waals surface area contributed by atoms with Crippen molar-refractivity contribution in [3.63, 3.8) is 0 Å². The van der Waals surface area contributed by atoms with E-state index in [-0.39, 0.29) is 29.1 Å². The van der Waals surface area contributed by atoms with E-state index in [0.717, 1.165) is 10.7 Å². The number of carbonyl (C=O) groups excluding carboxylic acids is 1. The minimum absolute atomic E-state index is 0.120. The maximum atomic E-state index is 14.2. The van der Waals surface area contributed by atoms with Crippen LogP contribution in [0, 0.1) is 5.82 Å². The summed E-state index contributed by atoms with van der Waals surface area (Å²) in [5, 5.41) is 7.16. The van der Waals surface area contributed by atoms with Gasteiger partial charge in [0.05, 0.1) is 31.5 Å². The number of hydrogen-bond acceptors (Lipinski definition) is 5. The molecule has 33 heavy (non-hydrogen) atoms. The summed E-state index contributed by atoms with van der Waals surface area (Å²) in [6.07, 6.45) is -4.89. The molecule has 0 radical (unpaired) electrons. The van der Waals surface area contributed by atoms with Crippen molar-refractivity contribution in [3.05, 3.63) is 59.4 Å². The fourth-order valence-electron chi connectivity index (χ4n) is 3.88. The molecular weight excluding hydrogens is 444 g/mol. The van der Waals surface area contributed by atoms with Gasteiger partial charge in [-0.2, -0.15) is 18.3 Å². The second kappa shape index (κ2) is 8.30. The van der Waals surface area contributed by atoms with E-state index in [1.54, 1.807) is 18.2 Å². The van der Waals surface area contributed by atoms with Crippen molar-refractivity contribution in [2.75, 3.05) is 19.5 Å². The Hall–Kier alpha value is -3.76. The Kier molecular flexibility index (Phi) is 5.64. The normalized spacial score (nSPS) is 17.8. The number of nitrogens with two attached hydrogens (primary N) is 1. The summed E-state index contributed by atoms with van der Waals surface area (Å²) < 4.78 is 67.4. The summed E-state index contributed by atoms with van der Waals surface area (Å²) in [6.45, 7) is 0. The molecule has 0 saturated heterocycles. The Labute approximate surface area is 186 Å². The van der Waals surface area contributed by atoms with Crippen LogP contribution in [-0.4, -0.2) is 36.1 Å². The molecule has 1 aliphatic heterocycles. The first kappa shape index (κ1) is 22.4. The highest BCUT2D eigenvalue weighted by molar-refractivity contribution is 5.93. The Morgan fingerprint density at radius 1 is 1.12 bits per heavy atom. The Morgan fingerprint density at radius 3 is 2.45 bits per heavy atom. The average molecular weight is 464 g/mol. The van der Waals surface area contributed by atoms with Crippen LogP contribution in [0.4, 0.5) is 23.4 Å². The first-order chi connectivity index (χ1) is 15.6. The Bertz CT molecular complexity index is 1210. The number of benzene rings is 2. The van der Waals surface area contributed by atoms with Gasteiger partial charge in [-0.05, 0) is 29.8 Å². The predicted octanol–water partition coefficient (Wildman–Crippen LogP) is 4.47. The van der Waals surface area contributed by atoms with Gasteiger partial charge in [0.25, 0.3) is 5.91 Å². The smallest absolute Gasteiger partial charge is 0.410 e. The molecule has 1 amide bonds. The zero-order chi connectivity index (χ0) is 23.9. The van der Waals surface area contributed by atoms with Gasteiger partial charge in [-0.15, -0.1) is 0 Å². The van der Waals surface area contributed by atoms with E-state index in [9.17, 15) is 22.4 Å². The van der Waals surface area contributed by atoms with Crippen molar-refractivity contribution in [1.82, 2.24) is 9.78 Å². The van der Waals surface area contributed by atoms with Crippen molar-refractivity contribution in [1.29, 1.82) is 0 Å². The van der Waals surface area contributed by atoms with Gasteiger partial charge in [0.1, 0.15) is 11.6 Å². The SMILES string of the molecule is COc1ccc(C2CC(C(F)(F)F)n3nc(-c4ccc(C(N)=O)c(F)c4)cc3N2)cc1OC. The molecule has 2 heterocycles. The number of rotatable bonds is 5. The van der Waals surface area contributed by atoms with Crippen molar-refractivity contribution >= 4 is 11.7 Å². The number of alkyl halides is 3. The standard InChI is InChI=1S/C22H20F4N4O3/c1-32-17-6-4-12(8-18(17)33-2)15-9-19(22(24,25)26)30-20(28-15)10-16(29-30)11-3-5-13(21(27)31)14(23)7-11/h3-8,10,15,19,28H,9H2,1-2H3,(H2,27,31). The van der Waals surface area contributed by atoms with Crippen LogP contribution in [-0.2, 0) is 0 Å². The summed E-state index contributed by atoms with van der Waals surface area (Å²) in [4.78, 5) is 11.2. The number of amides is 1. The summed E-state index contributed by atoms with van der Waals surface area (Å²) in [7, 11) is 2.91. The van der Waals surface area contributed by atoms with Crippen molar-refractivity contribution < 1.29 is 31.8 Å². The highest BCUT2D eigenvalue weighted by Crippen LogP contribution is 2.45. The molecule has 0 spiro atoms. The third kappa shape index (κ3) is 4.18. The first-order valence-corrected chi connectivity index (χ1v) is 9.86. The van der Waals surface area contributed by atoms with E-state index in [1.807, 2.05) is 0 Å². The molecule has 3 N–H and O–H groups in total. The van der Waals surface area contributed by atoms with Gasteiger partial charge < -0.3 is 20.5 Å². The molecule has 1 aromatic heterocycles. The molecule has 2 unspecified atom stereocenters. The fraction of sp³-hybridized carbons (Fsp3) is 0.273. The van der Waals surface area contributed by atoms with Crippen LogP contribution in [0.5, 0.6) is 11.5 Å². The molecule has 174 valence electrons. The number of nitrogens with one attached hydrogen (secondary N) is 1. The molecule has 1 aliphatic rings. The third-order valence-corrected chi connectivity index (χ3v) is 5.53. The number of primary amides is 1. The van der Waals surface area contributed by atoms with Crippen LogP contribution in [0.15, 0.2) is 42.5 Å². The monoisotopic (exact) mass is 464 g/mol. The third-order valence-electron chi connectivity index (χ3n) is 5.53. The maximum absolute atomic E-state index is 14.2. The topological polar surface area (TPSA) is 91.4 Å². The number of methoxy groups -OCH3 is 2. The van der Waals surface area contributed by atoms with Crippen molar-refractivity contribution in [3.8, 4) is 22.8 Å². The molecule has 0 bridgehead atoms. The van der Waals surface area contributed by atoms with E-state index in [2.05, 4.69) is 10.4 Å². The van der Waals surface area contributed by atoms with E-state index >= 15 is 0 Å². The van der Waals surface area contributed by atoms with Gasteiger partial charge in [-0.3, -0.25) is 4.79 Å². The van der Waals surface area contributed by atoms with E-state index in [1.165, 1.54) is 32.4 Å². The summed E-state index contributed by atoms with van der Waals surface area (Å²) in [5.74, 6) is -0.852. The molecular formula is C22H20F4N4O3. The molecule has 0 saturated carbocycles. The van der Waals surface area contributed by atoms with Gasteiger partial charge in [0, 0.05) is 18.1 Å². The number of hydrogen-bond donors (Lipinski definition) is 2. The second-order valence-electron chi connectivity index (χ2n) is 7.52. The number of fused-ring (bicyclic) bond motifs is 1. The lowest BCUT2D eigenvalue weighted by Gasteiger charge is -2.33. The molecule has 0 fully saturated rings. The quantitative estimate of drug-likeness (QED) is 0.544. The Balaban J connectivity index is 1.74. The van der Waals surface area contributed by atoms with Gasteiger partial charge in [0.15, 0.2) is 17.5 Å². The number of anilines is 1. The second-order valence-corrected chi connectivity index (χ2v) is 7.52. The number of halogens is 4. The Morgan fingerprint density at radius 2 is 1.85 bits per heavy atom. The van der Waals surface area contributed by atoms with Crippen LogP contribution in [0.25, 0.3) is 11.3 Å². The minimum atomic E-state index is -4.57. The lowest BCUT2D eigenvalue weighted by atomic mass is 9.96. The van der Waals surface area contributed by atoms with Crippen molar-refractivity contribution in [2.45, 2.75) is 24.7 Å². The van der Waals surface area contributed by atoms with E-state index in [0.29, 0.717) is 17.1 Å². The minimum Gasteiger partial charge on any atom is -0.493 e. The molecule has 4 rings (SSSR count). The number of carbonyl (C=O) groups is 1. The van der Waals surface area contributed by atoms with Gasteiger partial charge in [-0.25, -0.2) is 9.07 Å². The lowest BCUT2D eigenvalue weighted by Crippen LogP contribution is -2.35. The lowest BCUT2D eigenvalue weighted by molar-refractivity contribution is -0.173. The molecule has 3 aromatic rings. The molecule has 7 nitrogen and oxygen atoms in total. The van der Waals surface area contributed by atoms with Crippen LogP contribution >= 0.6 is 0 Å². The maximum Gasteiger partial charge on any atom is 0.410 e. The van der Waals surface area contributed by atoms with Crippen molar-refractivity contribution in [2.24, 2.45) is 5.73 Å². The van der Waals surface area contributed by atoms with E-state index < -0.39 is 30.0 Å². The zero-order valence-corrected chi connectivity index (χ0v) is 17.6. The number of ether oxygens (including phenoxy) is 2. The van der Waals surface area contributed by atoms with Crippen LogP contribution in [0.1, 0.15) is 34.4 Å². The highest BCUT2D eigenvalue weighted by atomic mass is 19.4. The van der Waals surface area contributed by atoms with Crippen LogP contribution in [0.2, 0.25) is 0 Å². The zero-order valence-electron chi connectivity index (χ0n) is 17.6. The van der Waals surface area contributed by atoms with Crippen LogP contribution < -0.4 is 20.5 Å². The number of nitrogens with zero attached hydrogens (tertiary/aromatic N) is 2. The summed E-state index contributed by atoms with van der Waals surface area (Å²) in [6, 6.07) is 7.29. The van der Waals surface area contributed by atoms with Crippen LogP contribution in [0.3, 0.4) is 0 Å². The fourth-order valence-corrected chi connectivity index (χ4v) is 3.88. The molecule has 2 atom stereocenters. The molecule has 2 aromatic carbocycles. The van der Waals surface area contributed by atoms with Gasteiger partial charge in [-0.1, -0.05) is 12.1 Å². The molecule has 0 aliphatic carbocycles. The largest absolute Gasteiger partial charge is 0.493 e.